The largest absolute Gasteiger partial charge is 0.537 e. The SMILES string of the molecule is CCO[Si](OCC)(OCCCCBr)c1ccccc1. The highest BCUT2D eigenvalue weighted by Crippen LogP contribution is 2.12. The van der Waals surface area contributed by atoms with Gasteiger partial charge in [0.2, 0.25) is 0 Å². The molecule has 0 N–H and O–H groups in total. The summed E-state index contributed by atoms with van der Waals surface area (Å²) in [5, 5.41) is 2.04. The first kappa shape index (κ1) is 16.9. The van der Waals surface area contributed by atoms with Gasteiger partial charge in [0.05, 0.1) is 0 Å². The van der Waals surface area contributed by atoms with Crippen LogP contribution >= 0.6 is 15.9 Å². The second-order valence-corrected chi connectivity index (χ2v) is 7.38. The van der Waals surface area contributed by atoms with Crippen molar-refractivity contribution in [3.8, 4) is 0 Å². The molecule has 0 saturated carbocycles. The Morgan fingerprint density at radius 1 is 0.947 bits per heavy atom. The third kappa shape index (κ3) is 5.36. The summed E-state index contributed by atoms with van der Waals surface area (Å²) in [6, 6.07) is 10.0. The molecule has 1 aromatic rings. The van der Waals surface area contributed by atoms with Gasteiger partial charge in [-0.1, -0.05) is 46.3 Å². The number of alkyl halides is 1. The number of hydrogen-bond donors (Lipinski definition) is 0. The molecule has 0 atom stereocenters. The van der Waals surface area contributed by atoms with Gasteiger partial charge in [0.15, 0.2) is 0 Å². The van der Waals surface area contributed by atoms with Crippen LogP contribution in [0.5, 0.6) is 0 Å². The number of halogens is 1. The molecule has 0 aromatic heterocycles. The van der Waals surface area contributed by atoms with Crippen molar-refractivity contribution in [3.63, 3.8) is 0 Å². The molecule has 108 valence electrons. The summed E-state index contributed by atoms with van der Waals surface area (Å²) in [4.78, 5) is 0. The van der Waals surface area contributed by atoms with E-state index in [-0.39, 0.29) is 0 Å². The third-order valence-corrected chi connectivity index (χ3v) is 6.14. The van der Waals surface area contributed by atoms with Gasteiger partial charge < -0.3 is 13.3 Å². The Hall–Kier alpha value is -0.203. The normalized spacial score (nSPS) is 11.7. The number of hydrogen-bond acceptors (Lipinski definition) is 3. The molecule has 0 aliphatic heterocycles. The average molecular weight is 347 g/mol. The molecule has 0 saturated heterocycles. The Kier molecular flexibility index (Phi) is 8.57. The molecule has 0 aliphatic rings. The van der Waals surface area contributed by atoms with Gasteiger partial charge in [-0.25, -0.2) is 0 Å². The molecule has 0 radical (unpaired) electrons. The van der Waals surface area contributed by atoms with E-state index >= 15 is 0 Å². The Balaban J connectivity index is 2.81. The number of benzene rings is 1. The van der Waals surface area contributed by atoms with Crippen LogP contribution in [0, 0.1) is 0 Å². The fraction of sp³-hybridized carbons (Fsp3) is 0.571. The molecular weight excluding hydrogens is 324 g/mol. The van der Waals surface area contributed by atoms with Crippen LogP contribution in [0.4, 0.5) is 0 Å². The van der Waals surface area contributed by atoms with E-state index in [2.05, 4.69) is 15.9 Å². The molecule has 19 heavy (non-hydrogen) atoms. The maximum absolute atomic E-state index is 6.07. The minimum Gasteiger partial charge on any atom is -0.370 e. The van der Waals surface area contributed by atoms with Gasteiger partial charge in [-0.3, -0.25) is 0 Å². The van der Waals surface area contributed by atoms with Crippen molar-refractivity contribution in [2.75, 3.05) is 25.2 Å². The standard InChI is InChI=1S/C14H23BrO3Si/c1-3-16-19(17-4-2,18-13-9-8-12-15)14-10-6-5-7-11-14/h5-7,10-11H,3-4,8-9,12-13H2,1-2H3. The number of unbranched alkanes of at least 4 members (excludes halogenated alkanes) is 1. The van der Waals surface area contributed by atoms with E-state index in [1.165, 1.54) is 0 Å². The highest BCUT2D eigenvalue weighted by molar-refractivity contribution is 9.09. The molecule has 0 bridgehead atoms. The maximum Gasteiger partial charge on any atom is 0.537 e. The summed E-state index contributed by atoms with van der Waals surface area (Å²) in [6.45, 7) is 5.82. The summed E-state index contributed by atoms with van der Waals surface area (Å²) >= 11 is 3.43. The van der Waals surface area contributed by atoms with Gasteiger partial charge in [0.1, 0.15) is 0 Å². The fourth-order valence-corrected chi connectivity index (χ4v) is 4.72. The maximum atomic E-state index is 6.07. The van der Waals surface area contributed by atoms with E-state index in [9.17, 15) is 0 Å². The van der Waals surface area contributed by atoms with Crippen molar-refractivity contribution < 1.29 is 13.3 Å². The minimum atomic E-state index is -2.74. The van der Waals surface area contributed by atoms with Crippen LogP contribution in [0.3, 0.4) is 0 Å². The van der Waals surface area contributed by atoms with Crippen LogP contribution < -0.4 is 5.19 Å². The molecule has 0 unspecified atom stereocenters. The Morgan fingerprint density at radius 3 is 2.11 bits per heavy atom. The monoisotopic (exact) mass is 346 g/mol. The summed E-state index contributed by atoms with van der Waals surface area (Å²) < 4.78 is 17.9. The summed E-state index contributed by atoms with van der Waals surface area (Å²) in [5.41, 5.74) is 0. The van der Waals surface area contributed by atoms with E-state index in [0.717, 1.165) is 23.4 Å². The first-order valence-corrected chi connectivity index (χ1v) is 9.67. The van der Waals surface area contributed by atoms with Crippen molar-refractivity contribution in [2.24, 2.45) is 0 Å². The van der Waals surface area contributed by atoms with Crippen molar-refractivity contribution in [2.45, 2.75) is 26.7 Å². The van der Waals surface area contributed by atoms with Crippen molar-refractivity contribution in [3.05, 3.63) is 30.3 Å². The molecule has 0 heterocycles. The molecule has 5 heteroatoms. The lowest BCUT2D eigenvalue weighted by molar-refractivity contribution is 0.0804. The molecule has 0 fully saturated rings. The molecule has 0 spiro atoms. The molecule has 3 nitrogen and oxygen atoms in total. The fourth-order valence-electron chi connectivity index (χ4n) is 1.80. The molecule has 0 aliphatic carbocycles. The van der Waals surface area contributed by atoms with Crippen LogP contribution in [0.15, 0.2) is 30.3 Å². The molecule has 0 amide bonds. The van der Waals surface area contributed by atoms with Crippen molar-refractivity contribution >= 4 is 29.9 Å². The summed E-state index contributed by atoms with van der Waals surface area (Å²) in [6.07, 6.45) is 2.10. The van der Waals surface area contributed by atoms with E-state index in [1.54, 1.807) is 0 Å². The van der Waals surface area contributed by atoms with Gasteiger partial charge in [-0.2, -0.15) is 0 Å². The van der Waals surface area contributed by atoms with Crippen LogP contribution in [-0.4, -0.2) is 34.0 Å². The lowest BCUT2D eigenvalue weighted by Gasteiger charge is -2.29. The lowest BCUT2D eigenvalue weighted by Crippen LogP contribution is -2.57. The van der Waals surface area contributed by atoms with Gasteiger partial charge in [0, 0.05) is 30.3 Å². The Bertz CT molecular complexity index is 329. The highest BCUT2D eigenvalue weighted by Gasteiger charge is 2.43. The van der Waals surface area contributed by atoms with Gasteiger partial charge >= 0.3 is 8.80 Å². The van der Waals surface area contributed by atoms with Crippen molar-refractivity contribution in [1.82, 2.24) is 0 Å². The van der Waals surface area contributed by atoms with Crippen molar-refractivity contribution in [1.29, 1.82) is 0 Å². The first-order chi connectivity index (χ1) is 9.29. The Morgan fingerprint density at radius 2 is 1.58 bits per heavy atom. The second-order valence-electron chi connectivity index (χ2n) is 4.03. The summed E-state index contributed by atoms with van der Waals surface area (Å²) in [7, 11) is -2.74. The smallest absolute Gasteiger partial charge is 0.370 e. The van der Waals surface area contributed by atoms with E-state index in [1.807, 2.05) is 44.2 Å². The topological polar surface area (TPSA) is 27.7 Å². The molecular formula is C14H23BrO3Si. The lowest BCUT2D eigenvalue weighted by atomic mass is 10.4. The molecule has 1 rings (SSSR count). The van der Waals surface area contributed by atoms with Crippen LogP contribution in [0.1, 0.15) is 26.7 Å². The minimum absolute atomic E-state index is 0.597. The van der Waals surface area contributed by atoms with Crippen LogP contribution in [0.25, 0.3) is 0 Å². The Labute approximate surface area is 125 Å². The molecule has 1 aromatic carbocycles. The van der Waals surface area contributed by atoms with Gasteiger partial charge in [-0.15, -0.1) is 0 Å². The highest BCUT2D eigenvalue weighted by atomic mass is 79.9. The zero-order valence-electron chi connectivity index (χ0n) is 11.7. The second kappa shape index (κ2) is 9.66. The van der Waals surface area contributed by atoms with E-state index < -0.39 is 8.80 Å². The summed E-state index contributed by atoms with van der Waals surface area (Å²) in [5.74, 6) is 0. The van der Waals surface area contributed by atoms with Crippen LogP contribution in [0.2, 0.25) is 0 Å². The first-order valence-electron chi connectivity index (χ1n) is 6.82. The predicted octanol–water partition coefficient (Wildman–Crippen LogP) is 3.10. The van der Waals surface area contributed by atoms with Crippen LogP contribution in [-0.2, 0) is 13.3 Å². The number of rotatable bonds is 10. The van der Waals surface area contributed by atoms with E-state index in [4.69, 9.17) is 13.3 Å². The van der Waals surface area contributed by atoms with Gasteiger partial charge in [0.25, 0.3) is 0 Å². The average Bonchev–Trinajstić information content (AvgIpc) is 2.45. The third-order valence-electron chi connectivity index (χ3n) is 2.62. The quantitative estimate of drug-likeness (QED) is 0.370. The van der Waals surface area contributed by atoms with E-state index in [0.29, 0.717) is 19.8 Å². The zero-order valence-corrected chi connectivity index (χ0v) is 14.3. The zero-order chi connectivity index (χ0) is 14.0. The van der Waals surface area contributed by atoms with Gasteiger partial charge in [-0.05, 0) is 26.7 Å². The predicted molar refractivity (Wildman–Crippen MR) is 84.1 cm³/mol.